The van der Waals surface area contributed by atoms with Crippen LogP contribution in [0.25, 0.3) is 11.1 Å². The van der Waals surface area contributed by atoms with E-state index in [-0.39, 0.29) is 0 Å². The number of ether oxygens (including phenoxy) is 1. The average molecular weight is 210 g/mol. The zero-order valence-corrected chi connectivity index (χ0v) is 8.84. The average Bonchev–Trinajstić information content (AvgIpc) is 2.39. The molecule has 1 heterocycles. The van der Waals surface area contributed by atoms with E-state index >= 15 is 0 Å². The Labute approximate surface area is 93.9 Å². The Bertz CT molecular complexity index is 526. The van der Waals surface area contributed by atoms with Crippen LogP contribution >= 0.6 is 0 Å². The number of pyridine rings is 1. The van der Waals surface area contributed by atoms with E-state index in [1.54, 1.807) is 19.5 Å². The molecule has 2 rings (SSSR count). The van der Waals surface area contributed by atoms with Crippen molar-refractivity contribution in [2.24, 2.45) is 0 Å². The molecular weight excluding hydrogens is 200 g/mol. The van der Waals surface area contributed by atoms with E-state index in [1.165, 1.54) is 0 Å². The highest BCUT2D eigenvalue weighted by atomic mass is 16.5. The number of aromatic nitrogens is 1. The summed E-state index contributed by atoms with van der Waals surface area (Å²) < 4.78 is 5.08. The van der Waals surface area contributed by atoms with Crippen molar-refractivity contribution in [2.45, 2.75) is 0 Å². The van der Waals surface area contributed by atoms with Crippen LogP contribution in [0.3, 0.4) is 0 Å². The van der Waals surface area contributed by atoms with Gasteiger partial charge in [-0.05, 0) is 23.8 Å². The molecule has 0 saturated heterocycles. The van der Waals surface area contributed by atoms with Gasteiger partial charge in [-0.25, -0.2) is 0 Å². The minimum atomic E-state index is 0.563. The van der Waals surface area contributed by atoms with Gasteiger partial charge in [-0.1, -0.05) is 12.1 Å². The molecule has 1 aromatic heterocycles. The predicted octanol–water partition coefficient (Wildman–Crippen LogP) is 2.63. The molecule has 0 aliphatic rings. The predicted molar refractivity (Wildman–Crippen MR) is 60.9 cm³/mol. The smallest absolute Gasteiger partial charge is 0.118 e. The van der Waals surface area contributed by atoms with E-state index in [0.29, 0.717) is 5.56 Å². The SMILES string of the molecule is COc1ccc(-c2cncc(C#N)c2)cc1. The van der Waals surface area contributed by atoms with E-state index in [9.17, 15) is 0 Å². The van der Waals surface area contributed by atoms with Crippen LogP contribution in [0.4, 0.5) is 0 Å². The van der Waals surface area contributed by atoms with Crippen molar-refractivity contribution in [1.29, 1.82) is 5.26 Å². The summed E-state index contributed by atoms with van der Waals surface area (Å²) in [6.07, 6.45) is 3.29. The quantitative estimate of drug-likeness (QED) is 0.765. The second-order valence-electron chi connectivity index (χ2n) is 3.30. The maximum Gasteiger partial charge on any atom is 0.118 e. The summed E-state index contributed by atoms with van der Waals surface area (Å²) in [5.74, 6) is 0.813. The van der Waals surface area contributed by atoms with Gasteiger partial charge in [-0.2, -0.15) is 5.26 Å². The van der Waals surface area contributed by atoms with Crippen molar-refractivity contribution in [1.82, 2.24) is 4.98 Å². The van der Waals surface area contributed by atoms with Gasteiger partial charge in [0.05, 0.1) is 12.7 Å². The maximum absolute atomic E-state index is 8.78. The maximum atomic E-state index is 8.78. The second-order valence-corrected chi connectivity index (χ2v) is 3.30. The molecule has 1 aromatic carbocycles. The summed E-state index contributed by atoms with van der Waals surface area (Å²) in [6, 6.07) is 11.5. The van der Waals surface area contributed by atoms with Gasteiger partial charge >= 0.3 is 0 Å². The Morgan fingerprint density at radius 2 is 1.88 bits per heavy atom. The molecule has 2 aromatic rings. The van der Waals surface area contributed by atoms with Crippen LogP contribution < -0.4 is 4.74 Å². The first-order valence-electron chi connectivity index (χ1n) is 4.83. The summed E-state index contributed by atoms with van der Waals surface area (Å²) in [4.78, 5) is 4.02. The molecule has 78 valence electrons. The number of nitrogens with zero attached hydrogens (tertiary/aromatic N) is 2. The lowest BCUT2D eigenvalue weighted by Gasteiger charge is -2.03. The van der Waals surface area contributed by atoms with Crippen molar-refractivity contribution in [3.8, 4) is 22.9 Å². The molecule has 0 saturated carbocycles. The normalized spacial score (nSPS) is 9.50. The van der Waals surface area contributed by atoms with Crippen LogP contribution in [0.5, 0.6) is 5.75 Å². The highest BCUT2D eigenvalue weighted by Crippen LogP contribution is 2.22. The lowest BCUT2D eigenvalue weighted by Crippen LogP contribution is -1.85. The van der Waals surface area contributed by atoms with Gasteiger partial charge < -0.3 is 4.74 Å². The van der Waals surface area contributed by atoms with Gasteiger partial charge in [0.1, 0.15) is 11.8 Å². The lowest BCUT2D eigenvalue weighted by molar-refractivity contribution is 0.415. The number of benzene rings is 1. The third-order valence-corrected chi connectivity index (χ3v) is 2.29. The van der Waals surface area contributed by atoms with E-state index in [0.717, 1.165) is 16.9 Å². The summed E-state index contributed by atoms with van der Waals surface area (Å²) in [6.45, 7) is 0. The molecule has 0 bridgehead atoms. The molecule has 0 atom stereocenters. The van der Waals surface area contributed by atoms with Crippen LogP contribution in [-0.4, -0.2) is 12.1 Å². The van der Waals surface area contributed by atoms with Gasteiger partial charge in [0, 0.05) is 18.0 Å². The second kappa shape index (κ2) is 4.45. The Balaban J connectivity index is 2.39. The molecule has 3 heteroatoms. The zero-order chi connectivity index (χ0) is 11.4. The Morgan fingerprint density at radius 3 is 2.50 bits per heavy atom. The van der Waals surface area contributed by atoms with Crippen molar-refractivity contribution < 1.29 is 4.74 Å². The lowest BCUT2D eigenvalue weighted by atomic mass is 10.1. The van der Waals surface area contributed by atoms with Crippen molar-refractivity contribution in [2.75, 3.05) is 7.11 Å². The van der Waals surface area contributed by atoms with Gasteiger partial charge in [0.15, 0.2) is 0 Å². The van der Waals surface area contributed by atoms with Gasteiger partial charge in [-0.15, -0.1) is 0 Å². The van der Waals surface area contributed by atoms with Gasteiger partial charge in [-0.3, -0.25) is 4.98 Å². The van der Waals surface area contributed by atoms with Crippen molar-refractivity contribution in [3.63, 3.8) is 0 Å². The van der Waals surface area contributed by atoms with Crippen molar-refractivity contribution in [3.05, 3.63) is 48.3 Å². The van der Waals surface area contributed by atoms with Crippen LogP contribution in [0, 0.1) is 11.3 Å². The van der Waals surface area contributed by atoms with E-state index < -0.39 is 0 Å². The molecule has 0 aliphatic carbocycles. The number of rotatable bonds is 2. The number of hydrogen-bond acceptors (Lipinski definition) is 3. The molecule has 0 amide bonds. The van der Waals surface area contributed by atoms with E-state index in [4.69, 9.17) is 10.00 Å². The molecule has 0 N–H and O–H groups in total. The molecule has 3 nitrogen and oxygen atoms in total. The summed E-state index contributed by atoms with van der Waals surface area (Å²) in [5, 5.41) is 8.78. The fourth-order valence-electron chi connectivity index (χ4n) is 1.44. The van der Waals surface area contributed by atoms with Gasteiger partial charge in [0.25, 0.3) is 0 Å². The molecular formula is C13H10N2O. The van der Waals surface area contributed by atoms with E-state index in [2.05, 4.69) is 11.1 Å². The summed E-state index contributed by atoms with van der Waals surface area (Å²) in [7, 11) is 1.63. The number of hydrogen-bond donors (Lipinski definition) is 0. The number of nitriles is 1. The van der Waals surface area contributed by atoms with E-state index in [1.807, 2.05) is 30.3 Å². The Kier molecular flexibility index (Phi) is 2.84. The van der Waals surface area contributed by atoms with Crippen molar-refractivity contribution >= 4 is 0 Å². The fourth-order valence-corrected chi connectivity index (χ4v) is 1.44. The molecule has 16 heavy (non-hydrogen) atoms. The minimum absolute atomic E-state index is 0.563. The summed E-state index contributed by atoms with van der Waals surface area (Å²) >= 11 is 0. The molecule has 0 aliphatic heterocycles. The minimum Gasteiger partial charge on any atom is -0.497 e. The van der Waals surface area contributed by atoms with Crippen LogP contribution in [0.2, 0.25) is 0 Å². The molecule has 0 unspecified atom stereocenters. The Morgan fingerprint density at radius 1 is 1.12 bits per heavy atom. The molecule has 0 spiro atoms. The van der Waals surface area contributed by atoms with Crippen LogP contribution in [-0.2, 0) is 0 Å². The topological polar surface area (TPSA) is 45.9 Å². The number of methoxy groups -OCH3 is 1. The van der Waals surface area contributed by atoms with Gasteiger partial charge in [0.2, 0.25) is 0 Å². The highest BCUT2D eigenvalue weighted by molar-refractivity contribution is 5.64. The first kappa shape index (κ1) is 10.2. The monoisotopic (exact) mass is 210 g/mol. The first-order chi connectivity index (χ1) is 7.83. The Hall–Kier alpha value is -2.34. The highest BCUT2D eigenvalue weighted by Gasteiger charge is 2.00. The zero-order valence-electron chi connectivity index (χ0n) is 8.84. The third-order valence-electron chi connectivity index (χ3n) is 2.29. The first-order valence-corrected chi connectivity index (χ1v) is 4.83. The molecule has 0 radical (unpaired) electrons. The van der Waals surface area contributed by atoms with Crippen LogP contribution in [0.15, 0.2) is 42.7 Å². The standard InChI is InChI=1S/C13H10N2O/c1-16-13-4-2-11(3-5-13)12-6-10(7-14)8-15-9-12/h2-6,8-9H,1H3. The van der Waals surface area contributed by atoms with Crippen LogP contribution in [0.1, 0.15) is 5.56 Å². The summed E-state index contributed by atoms with van der Waals surface area (Å²) in [5.41, 5.74) is 2.51. The molecule has 0 fully saturated rings. The fraction of sp³-hybridized carbons (Fsp3) is 0.0769. The largest absolute Gasteiger partial charge is 0.497 e. The third kappa shape index (κ3) is 2.01.